The smallest absolute Gasteiger partial charge is 0.262 e. The first kappa shape index (κ1) is 19.3. The first-order chi connectivity index (χ1) is 14.4. The highest BCUT2D eigenvalue weighted by molar-refractivity contribution is 6.23. The van der Waals surface area contributed by atoms with Gasteiger partial charge in [0, 0.05) is 31.5 Å². The summed E-state index contributed by atoms with van der Waals surface area (Å²) in [6.07, 6.45) is 0.263. The molecular formula is C21H24N4O5. The summed E-state index contributed by atoms with van der Waals surface area (Å²) in [6.45, 7) is 4.55. The lowest BCUT2D eigenvalue weighted by Gasteiger charge is -2.42. The van der Waals surface area contributed by atoms with E-state index in [4.69, 9.17) is 10.5 Å². The zero-order chi connectivity index (χ0) is 21.0. The van der Waals surface area contributed by atoms with Crippen LogP contribution in [-0.4, -0.2) is 72.3 Å². The number of nitrogens with one attached hydrogen (secondary N) is 1. The molecule has 3 N–H and O–H groups in total. The van der Waals surface area contributed by atoms with Crippen molar-refractivity contribution in [3.63, 3.8) is 0 Å². The van der Waals surface area contributed by atoms with Crippen LogP contribution in [0.2, 0.25) is 0 Å². The van der Waals surface area contributed by atoms with E-state index in [0.29, 0.717) is 30.1 Å². The molecule has 4 aliphatic heterocycles. The summed E-state index contributed by atoms with van der Waals surface area (Å²) < 4.78 is 5.44. The second-order valence-electron chi connectivity index (χ2n) is 8.78. The zero-order valence-electron chi connectivity index (χ0n) is 16.6. The number of nitrogens with two attached hydrogens (primary N) is 1. The van der Waals surface area contributed by atoms with Crippen LogP contribution in [-0.2, 0) is 20.9 Å². The highest BCUT2D eigenvalue weighted by Crippen LogP contribution is 2.42. The summed E-state index contributed by atoms with van der Waals surface area (Å²) in [5.41, 5.74) is 7.66. The molecule has 2 unspecified atom stereocenters. The van der Waals surface area contributed by atoms with Gasteiger partial charge < -0.3 is 10.5 Å². The molecule has 4 amide bonds. The molecule has 1 spiro atoms. The summed E-state index contributed by atoms with van der Waals surface area (Å²) in [6, 6.07) is 4.33. The maximum atomic E-state index is 13.0. The van der Waals surface area contributed by atoms with E-state index < -0.39 is 23.8 Å². The van der Waals surface area contributed by atoms with E-state index in [1.165, 1.54) is 0 Å². The van der Waals surface area contributed by atoms with Gasteiger partial charge in [-0.3, -0.25) is 34.3 Å². The SMILES string of the molecule is NCC1CN(Cc2ccc3c(c2)C(=O)N(C2CCC(=O)NC2=O)C3=O)CC12COC2. The molecule has 0 aromatic heterocycles. The van der Waals surface area contributed by atoms with Crippen LogP contribution in [0.5, 0.6) is 0 Å². The lowest BCUT2D eigenvalue weighted by Crippen LogP contribution is -2.54. The summed E-state index contributed by atoms with van der Waals surface area (Å²) in [7, 11) is 0. The van der Waals surface area contributed by atoms with E-state index in [-0.39, 0.29) is 24.2 Å². The van der Waals surface area contributed by atoms with Gasteiger partial charge in [-0.1, -0.05) is 6.07 Å². The molecule has 2 atom stereocenters. The summed E-state index contributed by atoms with van der Waals surface area (Å²) in [5, 5.41) is 2.21. The number of carbonyl (C=O) groups is 4. The number of likely N-dealkylation sites (tertiary alicyclic amines) is 1. The molecule has 0 saturated carbocycles. The Morgan fingerprint density at radius 2 is 1.90 bits per heavy atom. The number of benzene rings is 1. The minimum atomic E-state index is -0.944. The van der Waals surface area contributed by atoms with E-state index in [2.05, 4.69) is 10.2 Å². The van der Waals surface area contributed by atoms with Gasteiger partial charge in [0.15, 0.2) is 0 Å². The normalized spacial score (nSPS) is 28.1. The van der Waals surface area contributed by atoms with Gasteiger partial charge in [0.25, 0.3) is 11.8 Å². The van der Waals surface area contributed by atoms with Gasteiger partial charge in [-0.05, 0) is 36.6 Å². The lowest BCUT2D eigenvalue weighted by atomic mass is 9.76. The molecule has 3 saturated heterocycles. The van der Waals surface area contributed by atoms with Crippen LogP contribution in [0.15, 0.2) is 18.2 Å². The number of hydrogen-bond acceptors (Lipinski definition) is 7. The molecule has 1 aromatic rings. The number of piperidine rings is 1. The standard InChI is InChI=1S/C21H24N4O5/c22-6-13-8-24(9-21(13)10-30-11-21)7-12-1-2-14-15(5-12)20(29)25(19(14)28)16-3-4-17(26)23-18(16)27/h1-2,5,13,16H,3-4,6-11,22H2,(H,23,26,27). The minimum Gasteiger partial charge on any atom is -0.380 e. The molecule has 1 aromatic carbocycles. The summed E-state index contributed by atoms with van der Waals surface area (Å²) in [4.78, 5) is 52.7. The molecule has 30 heavy (non-hydrogen) atoms. The Kier molecular flexibility index (Phi) is 4.49. The van der Waals surface area contributed by atoms with Crippen LogP contribution >= 0.6 is 0 Å². The van der Waals surface area contributed by atoms with Crippen molar-refractivity contribution in [1.29, 1.82) is 0 Å². The predicted octanol–water partition coefficient (Wildman–Crippen LogP) is -0.505. The summed E-state index contributed by atoms with van der Waals surface area (Å²) in [5.74, 6) is -1.54. The second kappa shape index (κ2) is 6.97. The molecule has 9 heteroatoms. The number of hydrogen-bond donors (Lipinski definition) is 2. The van der Waals surface area contributed by atoms with Crippen molar-refractivity contribution >= 4 is 23.6 Å². The van der Waals surface area contributed by atoms with Crippen molar-refractivity contribution in [3.8, 4) is 0 Å². The van der Waals surface area contributed by atoms with E-state index in [1.807, 2.05) is 6.07 Å². The molecule has 4 aliphatic rings. The molecule has 0 bridgehead atoms. The predicted molar refractivity (Wildman–Crippen MR) is 104 cm³/mol. The van der Waals surface area contributed by atoms with Gasteiger partial charge in [-0.15, -0.1) is 0 Å². The van der Waals surface area contributed by atoms with Crippen molar-refractivity contribution in [2.24, 2.45) is 17.1 Å². The van der Waals surface area contributed by atoms with Gasteiger partial charge in [0.2, 0.25) is 11.8 Å². The first-order valence-corrected chi connectivity index (χ1v) is 10.3. The molecule has 9 nitrogen and oxygen atoms in total. The molecule has 5 rings (SSSR count). The zero-order valence-corrected chi connectivity index (χ0v) is 16.6. The number of ether oxygens (including phenoxy) is 1. The van der Waals surface area contributed by atoms with Crippen molar-refractivity contribution in [2.75, 3.05) is 32.8 Å². The third-order valence-electron chi connectivity index (χ3n) is 6.86. The Labute approximate surface area is 173 Å². The van der Waals surface area contributed by atoms with Gasteiger partial charge in [0.1, 0.15) is 6.04 Å². The molecule has 0 aliphatic carbocycles. The second-order valence-corrected chi connectivity index (χ2v) is 8.78. The fourth-order valence-electron chi connectivity index (χ4n) is 5.16. The lowest BCUT2D eigenvalue weighted by molar-refractivity contribution is -0.136. The van der Waals surface area contributed by atoms with Crippen molar-refractivity contribution < 1.29 is 23.9 Å². The average Bonchev–Trinajstić information content (AvgIpc) is 3.18. The van der Waals surface area contributed by atoms with Crippen LogP contribution in [0.1, 0.15) is 39.1 Å². The monoisotopic (exact) mass is 412 g/mol. The van der Waals surface area contributed by atoms with Gasteiger partial charge in [-0.2, -0.15) is 0 Å². The van der Waals surface area contributed by atoms with Gasteiger partial charge in [-0.25, -0.2) is 0 Å². The van der Waals surface area contributed by atoms with Crippen LogP contribution in [0.3, 0.4) is 0 Å². The Hall–Kier alpha value is -2.62. The maximum Gasteiger partial charge on any atom is 0.262 e. The Balaban J connectivity index is 1.34. The minimum absolute atomic E-state index is 0.109. The van der Waals surface area contributed by atoms with Crippen LogP contribution in [0.25, 0.3) is 0 Å². The third-order valence-corrected chi connectivity index (χ3v) is 6.86. The number of rotatable bonds is 4. The quantitative estimate of drug-likeness (QED) is 0.639. The fraction of sp³-hybridized carbons (Fsp3) is 0.524. The number of carbonyl (C=O) groups excluding carboxylic acids is 4. The Morgan fingerprint density at radius 3 is 2.53 bits per heavy atom. The number of nitrogens with zero attached hydrogens (tertiary/aromatic N) is 2. The number of amides is 4. The third kappa shape index (κ3) is 2.88. The molecule has 0 radical (unpaired) electrons. The molecular weight excluding hydrogens is 388 g/mol. The molecule has 158 valence electrons. The van der Waals surface area contributed by atoms with Crippen molar-refractivity contribution in [1.82, 2.24) is 15.1 Å². The van der Waals surface area contributed by atoms with E-state index in [9.17, 15) is 19.2 Å². The molecule has 3 fully saturated rings. The van der Waals surface area contributed by atoms with Gasteiger partial charge in [0.05, 0.1) is 24.3 Å². The fourth-order valence-corrected chi connectivity index (χ4v) is 5.16. The van der Waals surface area contributed by atoms with Crippen LogP contribution < -0.4 is 11.1 Å². The van der Waals surface area contributed by atoms with Gasteiger partial charge >= 0.3 is 0 Å². The van der Waals surface area contributed by atoms with Crippen LogP contribution in [0.4, 0.5) is 0 Å². The largest absolute Gasteiger partial charge is 0.380 e. The summed E-state index contributed by atoms with van der Waals surface area (Å²) >= 11 is 0. The average molecular weight is 412 g/mol. The Bertz CT molecular complexity index is 957. The van der Waals surface area contributed by atoms with E-state index in [0.717, 1.165) is 36.8 Å². The van der Waals surface area contributed by atoms with Crippen molar-refractivity contribution in [2.45, 2.75) is 25.4 Å². The van der Waals surface area contributed by atoms with Crippen LogP contribution in [0, 0.1) is 11.3 Å². The number of imide groups is 2. The first-order valence-electron chi connectivity index (χ1n) is 10.3. The van der Waals surface area contributed by atoms with Crippen molar-refractivity contribution in [3.05, 3.63) is 34.9 Å². The maximum absolute atomic E-state index is 13.0. The highest BCUT2D eigenvalue weighted by Gasteiger charge is 2.51. The van der Waals surface area contributed by atoms with E-state index in [1.54, 1.807) is 12.1 Å². The topological polar surface area (TPSA) is 122 Å². The molecule has 4 heterocycles. The van der Waals surface area contributed by atoms with E-state index >= 15 is 0 Å². The Morgan fingerprint density at radius 1 is 1.13 bits per heavy atom. The highest BCUT2D eigenvalue weighted by atomic mass is 16.5. The number of fused-ring (bicyclic) bond motifs is 1.